The van der Waals surface area contributed by atoms with Crippen LogP contribution in [0.3, 0.4) is 0 Å². The van der Waals surface area contributed by atoms with Crippen LogP contribution in [-0.4, -0.2) is 62.0 Å². The molecule has 2 heterocycles. The van der Waals surface area contributed by atoms with Gasteiger partial charge in [-0.25, -0.2) is 0 Å². The Morgan fingerprint density at radius 1 is 1.33 bits per heavy atom. The van der Waals surface area contributed by atoms with Crippen molar-refractivity contribution in [1.82, 2.24) is 20.7 Å². The van der Waals surface area contributed by atoms with Crippen molar-refractivity contribution >= 4 is 5.96 Å². The van der Waals surface area contributed by atoms with Crippen LogP contribution in [0.1, 0.15) is 32.2 Å². The van der Waals surface area contributed by atoms with Gasteiger partial charge in [0.1, 0.15) is 0 Å². The topological polar surface area (TPSA) is 74.9 Å². The van der Waals surface area contributed by atoms with E-state index >= 15 is 0 Å². The molecule has 0 spiro atoms. The summed E-state index contributed by atoms with van der Waals surface area (Å²) in [6, 6.07) is 2.44. The van der Waals surface area contributed by atoms with E-state index in [1.807, 2.05) is 6.07 Å². The minimum absolute atomic E-state index is 0.462. The van der Waals surface area contributed by atoms with E-state index < -0.39 is 0 Å². The van der Waals surface area contributed by atoms with Gasteiger partial charge in [0, 0.05) is 38.8 Å². The molecule has 7 nitrogen and oxygen atoms in total. The number of aromatic nitrogens is 1. The lowest BCUT2D eigenvalue weighted by Gasteiger charge is -2.37. The van der Waals surface area contributed by atoms with Crippen LogP contribution in [0.5, 0.6) is 0 Å². The van der Waals surface area contributed by atoms with E-state index in [-0.39, 0.29) is 0 Å². The fourth-order valence-corrected chi connectivity index (χ4v) is 2.89. The molecule has 0 aliphatic carbocycles. The molecule has 1 unspecified atom stereocenters. The zero-order chi connectivity index (χ0) is 17.4. The third kappa shape index (κ3) is 5.49. The van der Waals surface area contributed by atoms with Crippen molar-refractivity contribution in [2.75, 3.05) is 39.9 Å². The first-order valence-electron chi connectivity index (χ1n) is 8.84. The third-order valence-electron chi connectivity index (χ3n) is 4.39. The van der Waals surface area contributed by atoms with Crippen LogP contribution in [0.4, 0.5) is 0 Å². The number of hydrogen-bond acceptors (Lipinski definition) is 5. The third-order valence-corrected chi connectivity index (χ3v) is 4.39. The van der Waals surface area contributed by atoms with E-state index in [0.29, 0.717) is 18.5 Å². The molecule has 7 heteroatoms. The summed E-state index contributed by atoms with van der Waals surface area (Å²) in [4.78, 5) is 6.79. The zero-order valence-electron chi connectivity index (χ0n) is 15.3. The van der Waals surface area contributed by atoms with Crippen LogP contribution < -0.4 is 10.6 Å². The monoisotopic (exact) mass is 337 g/mol. The number of aliphatic imine (C=N–C) groups is 1. The molecular weight excluding hydrogens is 306 g/mol. The number of rotatable bonds is 7. The quantitative estimate of drug-likeness (QED) is 0.576. The van der Waals surface area contributed by atoms with E-state index in [0.717, 1.165) is 56.7 Å². The minimum Gasteiger partial charge on any atom is -0.379 e. The molecule has 0 bridgehead atoms. The van der Waals surface area contributed by atoms with Crippen molar-refractivity contribution in [2.45, 2.75) is 39.8 Å². The van der Waals surface area contributed by atoms with Crippen LogP contribution >= 0.6 is 0 Å². The molecule has 1 aromatic rings. The first-order valence-corrected chi connectivity index (χ1v) is 8.84. The van der Waals surface area contributed by atoms with Gasteiger partial charge in [0.2, 0.25) is 0 Å². The zero-order valence-corrected chi connectivity index (χ0v) is 15.3. The van der Waals surface area contributed by atoms with Gasteiger partial charge in [-0.3, -0.25) is 9.89 Å². The number of hydrogen-bond donors (Lipinski definition) is 2. The van der Waals surface area contributed by atoms with E-state index in [1.165, 1.54) is 0 Å². The van der Waals surface area contributed by atoms with Crippen LogP contribution in [0.15, 0.2) is 15.6 Å². The average molecular weight is 337 g/mol. The number of ether oxygens (including phenoxy) is 1. The highest BCUT2D eigenvalue weighted by Gasteiger charge is 2.23. The Balaban J connectivity index is 1.82. The van der Waals surface area contributed by atoms with Gasteiger partial charge in [0.05, 0.1) is 25.5 Å². The minimum atomic E-state index is 0.462. The van der Waals surface area contributed by atoms with Crippen LogP contribution in [-0.2, 0) is 17.7 Å². The fourth-order valence-electron chi connectivity index (χ4n) is 2.89. The lowest BCUT2D eigenvalue weighted by molar-refractivity contribution is 0.00752. The molecule has 0 saturated carbocycles. The average Bonchev–Trinajstić information content (AvgIpc) is 3.06. The van der Waals surface area contributed by atoms with Crippen LogP contribution in [0, 0.1) is 5.92 Å². The van der Waals surface area contributed by atoms with Gasteiger partial charge >= 0.3 is 0 Å². The number of nitrogens with one attached hydrogen (secondary N) is 2. The Bertz CT molecular complexity index is 509. The summed E-state index contributed by atoms with van der Waals surface area (Å²) >= 11 is 0. The lowest BCUT2D eigenvalue weighted by atomic mass is 10.0. The molecule has 24 heavy (non-hydrogen) atoms. The summed E-state index contributed by atoms with van der Waals surface area (Å²) in [6.45, 7) is 11.7. The molecule has 2 rings (SSSR count). The molecule has 1 aromatic heterocycles. The Morgan fingerprint density at radius 3 is 2.67 bits per heavy atom. The maximum absolute atomic E-state index is 5.46. The molecular formula is C17H31N5O2. The predicted molar refractivity (Wildman–Crippen MR) is 95.1 cm³/mol. The Labute approximate surface area is 144 Å². The van der Waals surface area contributed by atoms with Crippen molar-refractivity contribution in [3.8, 4) is 0 Å². The highest BCUT2D eigenvalue weighted by molar-refractivity contribution is 5.79. The molecule has 0 aromatic carbocycles. The summed E-state index contributed by atoms with van der Waals surface area (Å²) < 4.78 is 10.8. The SMILES string of the molecule is CCc1cc(CNC(=NC)NCC(C(C)C)N2CCOCC2)on1. The van der Waals surface area contributed by atoms with E-state index in [9.17, 15) is 0 Å². The molecule has 2 N–H and O–H groups in total. The summed E-state index contributed by atoms with van der Waals surface area (Å²) in [5.41, 5.74) is 0.974. The molecule has 1 aliphatic heterocycles. The molecule has 1 saturated heterocycles. The van der Waals surface area contributed by atoms with E-state index in [1.54, 1.807) is 7.05 Å². The largest absolute Gasteiger partial charge is 0.379 e. The second-order valence-electron chi connectivity index (χ2n) is 6.40. The van der Waals surface area contributed by atoms with Crippen LogP contribution in [0.2, 0.25) is 0 Å². The highest BCUT2D eigenvalue weighted by Crippen LogP contribution is 2.12. The number of aryl methyl sites for hydroxylation is 1. The molecule has 1 aliphatic rings. The molecule has 1 fully saturated rings. The van der Waals surface area contributed by atoms with Gasteiger partial charge in [0.15, 0.2) is 11.7 Å². The Morgan fingerprint density at radius 2 is 2.08 bits per heavy atom. The first kappa shape index (κ1) is 18.7. The van der Waals surface area contributed by atoms with Gasteiger partial charge in [-0.1, -0.05) is 25.9 Å². The summed E-state index contributed by atoms with van der Waals surface area (Å²) in [5.74, 6) is 2.17. The van der Waals surface area contributed by atoms with Gasteiger partial charge < -0.3 is 19.9 Å². The second-order valence-corrected chi connectivity index (χ2v) is 6.40. The molecule has 136 valence electrons. The van der Waals surface area contributed by atoms with Crippen molar-refractivity contribution in [3.63, 3.8) is 0 Å². The number of nitrogens with zero attached hydrogens (tertiary/aromatic N) is 3. The van der Waals surface area contributed by atoms with E-state index in [4.69, 9.17) is 9.26 Å². The molecule has 1 atom stereocenters. The van der Waals surface area contributed by atoms with Crippen molar-refractivity contribution in [1.29, 1.82) is 0 Å². The van der Waals surface area contributed by atoms with Gasteiger partial charge in [-0.15, -0.1) is 0 Å². The lowest BCUT2D eigenvalue weighted by Crippen LogP contribution is -2.52. The summed E-state index contributed by atoms with van der Waals surface area (Å²) in [5, 5.41) is 10.7. The summed E-state index contributed by atoms with van der Waals surface area (Å²) in [6.07, 6.45) is 0.881. The number of morpholine rings is 1. The van der Waals surface area contributed by atoms with E-state index in [2.05, 4.69) is 46.5 Å². The van der Waals surface area contributed by atoms with Crippen molar-refractivity contribution in [2.24, 2.45) is 10.9 Å². The highest BCUT2D eigenvalue weighted by atomic mass is 16.5. The normalized spacial score (nSPS) is 18.0. The molecule has 0 amide bonds. The maximum atomic E-state index is 5.46. The van der Waals surface area contributed by atoms with Gasteiger partial charge in [-0.2, -0.15) is 0 Å². The predicted octanol–water partition coefficient (Wildman–Crippen LogP) is 1.26. The standard InChI is InChI=1S/C17H31N5O2/c1-5-14-10-15(24-21-14)11-19-17(18-4)20-12-16(13(2)3)22-6-8-23-9-7-22/h10,13,16H,5-9,11-12H2,1-4H3,(H2,18,19,20). The smallest absolute Gasteiger partial charge is 0.191 e. The van der Waals surface area contributed by atoms with Gasteiger partial charge in [-0.05, 0) is 12.3 Å². The fraction of sp³-hybridized carbons (Fsp3) is 0.765. The summed E-state index contributed by atoms with van der Waals surface area (Å²) in [7, 11) is 1.78. The molecule has 0 radical (unpaired) electrons. The second kappa shape index (κ2) is 9.64. The van der Waals surface area contributed by atoms with Crippen LogP contribution in [0.25, 0.3) is 0 Å². The van der Waals surface area contributed by atoms with Crippen molar-refractivity contribution in [3.05, 3.63) is 17.5 Å². The maximum Gasteiger partial charge on any atom is 0.191 e. The Kier molecular flexibility index (Phi) is 7.52. The van der Waals surface area contributed by atoms with Gasteiger partial charge in [0.25, 0.3) is 0 Å². The van der Waals surface area contributed by atoms with Crippen molar-refractivity contribution < 1.29 is 9.26 Å². The number of guanidine groups is 1. The first-order chi connectivity index (χ1) is 11.6. The Hall–Kier alpha value is -1.60.